The van der Waals surface area contributed by atoms with Gasteiger partial charge in [-0.15, -0.1) is 0 Å². The molecular formula is C12H13NO3. The van der Waals surface area contributed by atoms with Gasteiger partial charge in [0, 0.05) is 6.07 Å². The Bertz CT molecular complexity index is 395. The van der Waals surface area contributed by atoms with Crippen LogP contribution in [0.3, 0.4) is 0 Å². The zero-order valence-corrected chi connectivity index (χ0v) is 9.10. The van der Waals surface area contributed by atoms with Crippen LogP contribution in [0.15, 0.2) is 24.3 Å². The summed E-state index contributed by atoms with van der Waals surface area (Å²) in [6, 6.07) is 8.83. The largest absolute Gasteiger partial charge is 0.494 e. The van der Waals surface area contributed by atoms with Gasteiger partial charge in [0.2, 0.25) is 0 Å². The van der Waals surface area contributed by atoms with Gasteiger partial charge in [-0.1, -0.05) is 6.07 Å². The lowest BCUT2D eigenvalue weighted by Crippen LogP contribution is -2.10. The zero-order valence-electron chi connectivity index (χ0n) is 9.10. The van der Waals surface area contributed by atoms with Gasteiger partial charge < -0.3 is 9.47 Å². The average Bonchev–Trinajstić information content (AvgIpc) is 2.28. The summed E-state index contributed by atoms with van der Waals surface area (Å²) in [6.45, 7) is 2.39. The first-order valence-corrected chi connectivity index (χ1v) is 5.00. The molecule has 0 N–H and O–H groups in total. The smallest absolute Gasteiger partial charge is 0.184 e. The number of Topliss-reactive ketones (excluding diaryl/α,β-unsaturated/α-hetero) is 1. The van der Waals surface area contributed by atoms with Crippen molar-refractivity contribution in [2.24, 2.45) is 0 Å². The second kappa shape index (κ2) is 6.46. The summed E-state index contributed by atoms with van der Waals surface area (Å²) in [4.78, 5) is 11.0. The molecule has 0 atom stereocenters. The normalized spacial score (nSPS) is 9.25. The minimum absolute atomic E-state index is 0.0802. The molecule has 84 valence electrons. The molecule has 4 nitrogen and oxygen atoms in total. The van der Waals surface area contributed by atoms with Crippen LogP contribution in [0.2, 0.25) is 0 Å². The fraction of sp³-hybridized carbons (Fsp3) is 0.333. The van der Waals surface area contributed by atoms with Crippen LogP contribution in [0.4, 0.5) is 0 Å². The molecule has 0 aliphatic heterocycles. The number of ether oxygens (including phenoxy) is 2. The van der Waals surface area contributed by atoms with Gasteiger partial charge in [0.25, 0.3) is 0 Å². The van der Waals surface area contributed by atoms with E-state index in [-0.39, 0.29) is 18.8 Å². The molecule has 0 radical (unpaired) electrons. The zero-order chi connectivity index (χ0) is 11.8. The van der Waals surface area contributed by atoms with Crippen molar-refractivity contribution in [3.05, 3.63) is 24.3 Å². The summed E-state index contributed by atoms with van der Waals surface area (Å²) in [5.74, 6) is 1.04. The lowest BCUT2D eigenvalue weighted by molar-refractivity contribution is -0.120. The number of nitriles is 1. The summed E-state index contributed by atoms with van der Waals surface area (Å²) in [5, 5.41) is 8.30. The molecule has 16 heavy (non-hydrogen) atoms. The van der Waals surface area contributed by atoms with Gasteiger partial charge in [0.15, 0.2) is 5.78 Å². The van der Waals surface area contributed by atoms with Gasteiger partial charge in [-0.05, 0) is 19.1 Å². The number of rotatable bonds is 6. The standard InChI is InChI=1S/C12H13NO3/c1-2-15-11-4-3-5-12(8-11)16-9-10(14)6-7-13/h3-5,8H,2,6,9H2,1H3. The van der Waals surface area contributed by atoms with Crippen LogP contribution in [0.25, 0.3) is 0 Å². The van der Waals surface area contributed by atoms with Crippen molar-refractivity contribution in [2.45, 2.75) is 13.3 Å². The molecule has 1 rings (SSSR count). The highest BCUT2D eigenvalue weighted by atomic mass is 16.5. The van der Waals surface area contributed by atoms with Crippen molar-refractivity contribution < 1.29 is 14.3 Å². The molecule has 1 aromatic carbocycles. The molecule has 0 saturated carbocycles. The molecule has 4 heteroatoms. The van der Waals surface area contributed by atoms with Crippen molar-refractivity contribution in [2.75, 3.05) is 13.2 Å². The van der Waals surface area contributed by atoms with Crippen molar-refractivity contribution in [3.8, 4) is 17.6 Å². The van der Waals surface area contributed by atoms with E-state index >= 15 is 0 Å². The van der Waals surface area contributed by atoms with E-state index < -0.39 is 0 Å². The van der Waals surface area contributed by atoms with Crippen molar-refractivity contribution in [1.82, 2.24) is 0 Å². The molecule has 0 saturated heterocycles. The molecule has 0 aromatic heterocycles. The van der Waals surface area contributed by atoms with E-state index in [1.54, 1.807) is 24.3 Å². The third-order valence-electron chi connectivity index (χ3n) is 1.79. The number of ketones is 1. The van der Waals surface area contributed by atoms with Crippen LogP contribution >= 0.6 is 0 Å². The Morgan fingerprint density at radius 1 is 1.38 bits per heavy atom. The maximum absolute atomic E-state index is 11.0. The summed E-state index contributed by atoms with van der Waals surface area (Å²) < 4.78 is 10.5. The van der Waals surface area contributed by atoms with Crippen LogP contribution < -0.4 is 9.47 Å². The molecule has 0 aliphatic carbocycles. The quantitative estimate of drug-likeness (QED) is 0.733. The van der Waals surface area contributed by atoms with Crippen molar-refractivity contribution >= 4 is 5.78 Å². The minimum Gasteiger partial charge on any atom is -0.494 e. The molecule has 0 unspecified atom stereocenters. The number of nitrogens with zero attached hydrogens (tertiary/aromatic N) is 1. The van der Waals surface area contributed by atoms with E-state index in [1.165, 1.54) is 0 Å². The topological polar surface area (TPSA) is 59.3 Å². The van der Waals surface area contributed by atoms with Gasteiger partial charge >= 0.3 is 0 Å². The first-order chi connectivity index (χ1) is 7.76. The molecule has 0 spiro atoms. The Kier molecular flexibility index (Phi) is 4.87. The van der Waals surface area contributed by atoms with E-state index in [0.29, 0.717) is 18.1 Å². The summed E-state index contributed by atoms with van der Waals surface area (Å²) in [7, 11) is 0. The molecule has 0 aliphatic rings. The van der Waals surface area contributed by atoms with Crippen LogP contribution in [0.5, 0.6) is 11.5 Å². The first-order valence-electron chi connectivity index (χ1n) is 5.00. The Hall–Kier alpha value is -2.02. The Labute approximate surface area is 94.4 Å². The van der Waals surface area contributed by atoms with E-state index in [4.69, 9.17) is 14.7 Å². The third-order valence-corrected chi connectivity index (χ3v) is 1.79. The monoisotopic (exact) mass is 219 g/mol. The molecule has 1 aromatic rings. The Balaban J connectivity index is 2.51. The Morgan fingerprint density at radius 2 is 2.06 bits per heavy atom. The summed E-state index contributed by atoms with van der Waals surface area (Å²) in [6.07, 6.45) is -0.120. The number of carbonyl (C=O) groups excluding carboxylic acids is 1. The lowest BCUT2D eigenvalue weighted by Gasteiger charge is -2.07. The Morgan fingerprint density at radius 3 is 2.69 bits per heavy atom. The molecule has 0 bridgehead atoms. The first kappa shape index (κ1) is 12.1. The fourth-order valence-corrected chi connectivity index (χ4v) is 1.12. The molecule has 0 fully saturated rings. The minimum atomic E-state index is -0.232. The van der Waals surface area contributed by atoms with Crippen molar-refractivity contribution in [1.29, 1.82) is 5.26 Å². The van der Waals surface area contributed by atoms with E-state index in [2.05, 4.69) is 0 Å². The summed E-state index contributed by atoms with van der Waals surface area (Å²) >= 11 is 0. The van der Waals surface area contributed by atoms with Gasteiger partial charge in [0.05, 0.1) is 19.1 Å². The second-order valence-electron chi connectivity index (χ2n) is 3.07. The van der Waals surface area contributed by atoms with Gasteiger partial charge in [-0.3, -0.25) is 4.79 Å². The van der Waals surface area contributed by atoms with Crippen LogP contribution in [-0.2, 0) is 4.79 Å². The second-order valence-corrected chi connectivity index (χ2v) is 3.07. The average molecular weight is 219 g/mol. The SMILES string of the molecule is CCOc1cccc(OCC(=O)CC#N)c1. The van der Waals surface area contributed by atoms with Crippen LogP contribution in [-0.4, -0.2) is 19.0 Å². The molecular weight excluding hydrogens is 206 g/mol. The van der Waals surface area contributed by atoms with Crippen LogP contribution in [0, 0.1) is 11.3 Å². The highest BCUT2D eigenvalue weighted by Crippen LogP contribution is 2.19. The highest BCUT2D eigenvalue weighted by Gasteiger charge is 2.03. The van der Waals surface area contributed by atoms with E-state index in [9.17, 15) is 4.79 Å². The van der Waals surface area contributed by atoms with Crippen LogP contribution in [0.1, 0.15) is 13.3 Å². The number of benzene rings is 1. The maximum Gasteiger partial charge on any atom is 0.184 e. The number of carbonyl (C=O) groups is 1. The summed E-state index contributed by atoms with van der Waals surface area (Å²) in [5.41, 5.74) is 0. The molecule has 0 heterocycles. The maximum atomic E-state index is 11.0. The van der Waals surface area contributed by atoms with Gasteiger partial charge in [-0.2, -0.15) is 5.26 Å². The molecule has 0 amide bonds. The van der Waals surface area contributed by atoms with Gasteiger partial charge in [-0.25, -0.2) is 0 Å². The highest BCUT2D eigenvalue weighted by molar-refractivity contribution is 5.81. The van der Waals surface area contributed by atoms with E-state index in [0.717, 1.165) is 0 Å². The predicted molar refractivity (Wildman–Crippen MR) is 58.3 cm³/mol. The number of hydrogen-bond acceptors (Lipinski definition) is 4. The lowest BCUT2D eigenvalue weighted by atomic mass is 10.3. The van der Waals surface area contributed by atoms with E-state index in [1.807, 2.05) is 13.0 Å². The fourth-order valence-electron chi connectivity index (χ4n) is 1.12. The van der Waals surface area contributed by atoms with Gasteiger partial charge in [0.1, 0.15) is 18.1 Å². The predicted octanol–water partition coefficient (Wildman–Crippen LogP) is 1.95. The van der Waals surface area contributed by atoms with Crippen molar-refractivity contribution in [3.63, 3.8) is 0 Å². The third kappa shape index (κ3) is 4.01. The number of hydrogen-bond donors (Lipinski definition) is 0.